The van der Waals surface area contributed by atoms with Gasteiger partial charge in [0.2, 0.25) is 5.91 Å². The molecule has 2 rings (SSSR count). The van der Waals surface area contributed by atoms with Gasteiger partial charge in [0.15, 0.2) is 0 Å². The number of carbonyl (C=O) groups excluding carboxylic acids is 1. The van der Waals surface area contributed by atoms with Crippen LogP contribution in [0, 0.1) is 11.8 Å². The van der Waals surface area contributed by atoms with Crippen molar-refractivity contribution < 1.29 is 4.79 Å². The molecule has 4 heteroatoms. The number of amides is 1. The zero-order chi connectivity index (χ0) is 11.9. The third kappa shape index (κ3) is 3.35. The zero-order valence-electron chi connectivity index (χ0n) is 11.1. The van der Waals surface area contributed by atoms with Crippen molar-refractivity contribution in [2.75, 3.05) is 0 Å². The maximum atomic E-state index is 12.4. The summed E-state index contributed by atoms with van der Waals surface area (Å²) in [4.78, 5) is 14.5. The molecule has 2 aliphatic rings. The fraction of sp³-hybridized carbons (Fsp3) is 0.923. The summed E-state index contributed by atoms with van der Waals surface area (Å²) in [5.41, 5.74) is 5.84. The highest BCUT2D eigenvalue weighted by molar-refractivity contribution is 5.85. The summed E-state index contributed by atoms with van der Waals surface area (Å²) < 4.78 is 0. The molecule has 0 aromatic rings. The summed E-state index contributed by atoms with van der Waals surface area (Å²) in [6.07, 6.45) is 4.97. The van der Waals surface area contributed by atoms with Gasteiger partial charge in [0, 0.05) is 18.1 Å². The lowest BCUT2D eigenvalue weighted by molar-refractivity contribution is -0.138. The van der Waals surface area contributed by atoms with Gasteiger partial charge in [-0.3, -0.25) is 4.79 Å². The molecule has 0 bridgehead atoms. The van der Waals surface area contributed by atoms with Crippen LogP contribution in [0.2, 0.25) is 0 Å². The quantitative estimate of drug-likeness (QED) is 0.824. The van der Waals surface area contributed by atoms with Crippen LogP contribution in [-0.2, 0) is 4.79 Å². The van der Waals surface area contributed by atoms with E-state index in [9.17, 15) is 4.79 Å². The summed E-state index contributed by atoms with van der Waals surface area (Å²) in [5.74, 6) is 0.989. The van der Waals surface area contributed by atoms with Crippen LogP contribution in [0.15, 0.2) is 0 Å². The molecule has 2 fully saturated rings. The Kier molecular flexibility index (Phi) is 4.85. The zero-order valence-corrected chi connectivity index (χ0v) is 11.9. The van der Waals surface area contributed by atoms with Crippen molar-refractivity contribution in [3.63, 3.8) is 0 Å². The lowest BCUT2D eigenvalue weighted by Crippen LogP contribution is -2.47. The van der Waals surface area contributed by atoms with Gasteiger partial charge in [-0.05, 0) is 45.4 Å². The molecule has 0 saturated heterocycles. The van der Waals surface area contributed by atoms with Crippen LogP contribution >= 0.6 is 12.4 Å². The van der Waals surface area contributed by atoms with Crippen molar-refractivity contribution in [2.45, 2.75) is 64.6 Å². The Bertz CT molecular complexity index is 275. The van der Waals surface area contributed by atoms with Gasteiger partial charge in [-0.15, -0.1) is 12.4 Å². The molecule has 2 N–H and O–H groups in total. The second-order valence-electron chi connectivity index (χ2n) is 5.70. The monoisotopic (exact) mass is 260 g/mol. The number of nitrogens with zero attached hydrogens (tertiary/aromatic N) is 1. The third-order valence-corrected chi connectivity index (χ3v) is 4.12. The minimum Gasteiger partial charge on any atom is -0.336 e. The minimum absolute atomic E-state index is 0. The van der Waals surface area contributed by atoms with Crippen LogP contribution in [0.25, 0.3) is 0 Å². The first-order valence-electron chi connectivity index (χ1n) is 6.60. The maximum Gasteiger partial charge on any atom is 0.227 e. The Morgan fingerprint density at radius 2 is 1.71 bits per heavy atom. The van der Waals surface area contributed by atoms with E-state index in [-0.39, 0.29) is 30.3 Å². The Labute approximate surface area is 111 Å². The van der Waals surface area contributed by atoms with E-state index >= 15 is 0 Å². The third-order valence-electron chi connectivity index (χ3n) is 4.12. The lowest BCUT2D eigenvalue weighted by Gasteiger charge is -2.33. The predicted molar refractivity (Wildman–Crippen MR) is 72.1 cm³/mol. The van der Waals surface area contributed by atoms with Crippen molar-refractivity contribution in [2.24, 2.45) is 17.6 Å². The second-order valence-corrected chi connectivity index (χ2v) is 5.70. The fourth-order valence-corrected chi connectivity index (χ4v) is 2.33. The van der Waals surface area contributed by atoms with Crippen LogP contribution in [0.5, 0.6) is 0 Å². The van der Waals surface area contributed by atoms with E-state index in [1.54, 1.807) is 0 Å². The van der Waals surface area contributed by atoms with Crippen LogP contribution in [0.1, 0.15) is 46.5 Å². The van der Waals surface area contributed by atoms with Crippen molar-refractivity contribution >= 4 is 18.3 Å². The Hall–Kier alpha value is -0.280. The molecule has 100 valence electrons. The second kappa shape index (κ2) is 5.57. The van der Waals surface area contributed by atoms with E-state index in [0.29, 0.717) is 12.1 Å². The maximum absolute atomic E-state index is 12.4. The Balaban J connectivity index is 0.00000144. The number of halogens is 1. The molecule has 0 spiro atoms. The van der Waals surface area contributed by atoms with E-state index in [0.717, 1.165) is 5.92 Å². The van der Waals surface area contributed by atoms with Gasteiger partial charge < -0.3 is 10.6 Å². The van der Waals surface area contributed by atoms with Crippen molar-refractivity contribution in [3.05, 3.63) is 0 Å². The highest BCUT2D eigenvalue weighted by Gasteiger charge is 2.42. The summed E-state index contributed by atoms with van der Waals surface area (Å²) >= 11 is 0. The van der Waals surface area contributed by atoms with E-state index < -0.39 is 0 Å². The molecule has 3 unspecified atom stereocenters. The smallest absolute Gasteiger partial charge is 0.227 e. The summed E-state index contributed by atoms with van der Waals surface area (Å²) in [5, 5.41) is 0. The molecular formula is C13H25ClN2O. The van der Waals surface area contributed by atoms with Gasteiger partial charge in [0.05, 0.1) is 5.92 Å². The molecule has 3 atom stereocenters. The van der Waals surface area contributed by atoms with Gasteiger partial charge in [-0.1, -0.05) is 6.92 Å². The summed E-state index contributed by atoms with van der Waals surface area (Å²) in [6, 6.07) is 0.908. The highest BCUT2D eigenvalue weighted by atomic mass is 35.5. The van der Waals surface area contributed by atoms with Crippen LogP contribution in [0.4, 0.5) is 0 Å². The first kappa shape index (κ1) is 14.8. The van der Waals surface area contributed by atoms with Gasteiger partial charge in [-0.2, -0.15) is 0 Å². The van der Waals surface area contributed by atoms with Gasteiger partial charge in [-0.25, -0.2) is 0 Å². The average Bonchev–Trinajstić information content (AvgIpc) is 3.06. The van der Waals surface area contributed by atoms with E-state index in [1.807, 2.05) is 13.8 Å². The van der Waals surface area contributed by atoms with Gasteiger partial charge >= 0.3 is 0 Å². The highest BCUT2D eigenvalue weighted by Crippen LogP contribution is 2.40. The number of rotatable bonds is 5. The van der Waals surface area contributed by atoms with E-state index in [1.165, 1.54) is 25.7 Å². The molecular weight excluding hydrogens is 236 g/mol. The molecule has 2 aliphatic carbocycles. The summed E-state index contributed by atoms with van der Waals surface area (Å²) in [7, 11) is 0. The predicted octanol–water partition coefficient (Wildman–Crippen LogP) is 2.18. The average molecular weight is 261 g/mol. The molecule has 17 heavy (non-hydrogen) atoms. The number of carbonyl (C=O) groups is 1. The normalized spacial score (nSPS) is 24.5. The lowest BCUT2D eigenvalue weighted by atomic mass is 10.0. The number of hydrogen-bond donors (Lipinski definition) is 1. The molecule has 1 amide bonds. The van der Waals surface area contributed by atoms with Crippen molar-refractivity contribution in [1.29, 1.82) is 0 Å². The van der Waals surface area contributed by atoms with E-state index in [2.05, 4.69) is 11.8 Å². The molecule has 0 aromatic carbocycles. The number of hydrogen-bond acceptors (Lipinski definition) is 2. The first-order valence-corrected chi connectivity index (χ1v) is 6.60. The van der Waals surface area contributed by atoms with Crippen LogP contribution in [0.3, 0.4) is 0 Å². The van der Waals surface area contributed by atoms with Crippen molar-refractivity contribution in [3.8, 4) is 0 Å². The first-order chi connectivity index (χ1) is 7.52. The topological polar surface area (TPSA) is 46.3 Å². The van der Waals surface area contributed by atoms with Crippen molar-refractivity contribution in [1.82, 2.24) is 4.90 Å². The molecule has 0 aliphatic heterocycles. The van der Waals surface area contributed by atoms with E-state index in [4.69, 9.17) is 5.73 Å². The molecule has 2 saturated carbocycles. The number of nitrogens with two attached hydrogens (primary N) is 1. The van der Waals surface area contributed by atoms with Gasteiger partial charge in [0.1, 0.15) is 0 Å². The van der Waals surface area contributed by atoms with Crippen LogP contribution in [-0.4, -0.2) is 28.9 Å². The molecule has 3 nitrogen and oxygen atoms in total. The molecule has 0 aromatic heterocycles. The van der Waals surface area contributed by atoms with Gasteiger partial charge in [0.25, 0.3) is 0 Å². The largest absolute Gasteiger partial charge is 0.336 e. The molecule has 0 heterocycles. The Morgan fingerprint density at radius 3 is 2.06 bits per heavy atom. The Morgan fingerprint density at radius 1 is 1.18 bits per heavy atom. The fourth-order valence-electron chi connectivity index (χ4n) is 2.33. The SMILES string of the molecule is CC(N)C(C)C(=O)N(C1CC1)C(C)C1CC1.Cl. The summed E-state index contributed by atoms with van der Waals surface area (Å²) in [6.45, 7) is 6.10. The van der Waals surface area contributed by atoms with Crippen LogP contribution < -0.4 is 5.73 Å². The minimum atomic E-state index is -0.0415. The standard InChI is InChI=1S/C13H24N2O.ClH/c1-8(9(2)14)13(16)15(12-6-7-12)10(3)11-4-5-11;/h8-12H,4-7,14H2,1-3H3;1H. The molecule has 0 radical (unpaired) electrons.